The van der Waals surface area contributed by atoms with Crippen LogP contribution in [0.25, 0.3) is 0 Å². The summed E-state index contributed by atoms with van der Waals surface area (Å²) in [5.74, 6) is -0.148. The third-order valence-electron chi connectivity index (χ3n) is 2.80. The number of hydrogen-bond acceptors (Lipinski definition) is 3. The van der Waals surface area contributed by atoms with E-state index in [0.29, 0.717) is 0 Å². The smallest absolute Gasteiger partial charge is 0.221 e. The summed E-state index contributed by atoms with van der Waals surface area (Å²) >= 11 is 0. The first-order valence-corrected chi connectivity index (χ1v) is 5.16. The van der Waals surface area contributed by atoms with Crippen molar-refractivity contribution in [2.45, 2.75) is 13.0 Å². The van der Waals surface area contributed by atoms with Gasteiger partial charge < -0.3 is 5.73 Å². The van der Waals surface area contributed by atoms with Crippen molar-refractivity contribution in [2.75, 3.05) is 13.1 Å². The van der Waals surface area contributed by atoms with E-state index in [2.05, 4.69) is 9.88 Å². The predicted octanol–water partition coefficient (Wildman–Crippen LogP) is 0.389. The number of amides is 1. The molecule has 0 radical (unpaired) electrons. The Labute approximate surface area is 89.1 Å². The number of carbonyl (C=O) groups excluding carboxylic acids is 1. The molecule has 1 aromatic heterocycles. The number of rotatable bonds is 3. The lowest BCUT2D eigenvalue weighted by molar-refractivity contribution is -0.121. The van der Waals surface area contributed by atoms with Gasteiger partial charge in [0.15, 0.2) is 0 Å². The van der Waals surface area contributed by atoms with E-state index in [-0.39, 0.29) is 11.8 Å². The van der Waals surface area contributed by atoms with Gasteiger partial charge in [0.1, 0.15) is 0 Å². The van der Waals surface area contributed by atoms with E-state index in [4.69, 9.17) is 5.73 Å². The van der Waals surface area contributed by atoms with Crippen LogP contribution in [0.15, 0.2) is 24.5 Å². The van der Waals surface area contributed by atoms with Gasteiger partial charge in [0.2, 0.25) is 5.91 Å². The lowest BCUT2D eigenvalue weighted by atomic mass is 10.1. The van der Waals surface area contributed by atoms with E-state index in [0.717, 1.165) is 26.1 Å². The van der Waals surface area contributed by atoms with Crippen molar-refractivity contribution < 1.29 is 4.79 Å². The lowest BCUT2D eigenvalue weighted by Gasteiger charge is -2.14. The van der Waals surface area contributed by atoms with Gasteiger partial charge in [-0.1, -0.05) is 6.07 Å². The van der Waals surface area contributed by atoms with Gasteiger partial charge in [0.25, 0.3) is 0 Å². The summed E-state index contributed by atoms with van der Waals surface area (Å²) in [5, 5.41) is 0. The van der Waals surface area contributed by atoms with Crippen molar-refractivity contribution in [3.05, 3.63) is 30.1 Å². The molecule has 0 aromatic carbocycles. The van der Waals surface area contributed by atoms with Crippen LogP contribution in [0.2, 0.25) is 0 Å². The first-order valence-electron chi connectivity index (χ1n) is 5.16. The fourth-order valence-corrected chi connectivity index (χ4v) is 1.96. The van der Waals surface area contributed by atoms with Crippen molar-refractivity contribution in [3.8, 4) is 0 Å². The van der Waals surface area contributed by atoms with Gasteiger partial charge in [0.05, 0.1) is 5.92 Å². The van der Waals surface area contributed by atoms with Crippen LogP contribution in [0.4, 0.5) is 0 Å². The normalized spacial score (nSPS) is 21.7. The molecule has 80 valence electrons. The molecule has 0 saturated carbocycles. The molecule has 1 aliphatic rings. The van der Waals surface area contributed by atoms with Crippen LogP contribution < -0.4 is 5.73 Å². The van der Waals surface area contributed by atoms with Crippen molar-refractivity contribution in [3.63, 3.8) is 0 Å². The highest BCUT2D eigenvalue weighted by Crippen LogP contribution is 2.17. The van der Waals surface area contributed by atoms with E-state index >= 15 is 0 Å². The van der Waals surface area contributed by atoms with Crippen LogP contribution >= 0.6 is 0 Å². The van der Waals surface area contributed by atoms with Crippen LogP contribution in [0.5, 0.6) is 0 Å². The molecule has 15 heavy (non-hydrogen) atoms. The summed E-state index contributed by atoms with van der Waals surface area (Å²) in [5.41, 5.74) is 6.46. The monoisotopic (exact) mass is 205 g/mol. The highest BCUT2D eigenvalue weighted by molar-refractivity contribution is 5.77. The molecule has 0 aliphatic carbocycles. The molecule has 1 aromatic rings. The van der Waals surface area contributed by atoms with Crippen LogP contribution in [0.1, 0.15) is 12.0 Å². The van der Waals surface area contributed by atoms with Crippen LogP contribution in [0.3, 0.4) is 0 Å². The molecule has 1 fully saturated rings. The second kappa shape index (κ2) is 4.40. The van der Waals surface area contributed by atoms with Crippen LogP contribution in [-0.2, 0) is 11.3 Å². The van der Waals surface area contributed by atoms with Crippen LogP contribution in [-0.4, -0.2) is 28.9 Å². The summed E-state index contributed by atoms with van der Waals surface area (Å²) in [6, 6.07) is 3.97. The van der Waals surface area contributed by atoms with Crippen molar-refractivity contribution in [2.24, 2.45) is 11.7 Å². The Morgan fingerprint density at radius 2 is 2.53 bits per heavy atom. The van der Waals surface area contributed by atoms with Crippen LogP contribution in [0, 0.1) is 5.92 Å². The molecule has 1 amide bonds. The molecule has 1 aliphatic heterocycles. The summed E-state index contributed by atoms with van der Waals surface area (Å²) in [6.45, 7) is 2.59. The molecule has 0 spiro atoms. The van der Waals surface area contributed by atoms with Crippen molar-refractivity contribution in [1.82, 2.24) is 9.88 Å². The summed E-state index contributed by atoms with van der Waals surface area (Å²) in [6.07, 6.45) is 4.51. The molecule has 2 heterocycles. The molecule has 1 atom stereocenters. The number of primary amides is 1. The molecule has 4 heteroatoms. The maximum Gasteiger partial charge on any atom is 0.221 e. The molecule has 1 unspecified atom stereocenters. The van der Waals surface area contributed by atoms with E-state index < -0.39 is 0 Å². The van der Waals surface area contributed by atoms with Gasteiger partial charge in [-0.05, 0) is 24.6 Å². The van der Waals surface area contributed by atoms with Gasteiger partial charge in [-0.3, -0.25) is 14.7 Å². The third kappa shape index (κ3) is 2.53. The zero-order valence-corrected chi connectivity index (χ0v) is 8.60. The van der Waals surface area contributed by atoms with Gasteiger partial charge in [-0.25, -0.2) is 0 Å². The minimum Gasteiger partial charge on any atom is -0.369 e. The molecular weight excluding hydrogens is 190 g/mol. The fourth-order valence-electron chi connectivity index (χ4n) is 1.96. The highest BCUT2D eigenvalue weighted by Gasteiger charge is 2.26. The van der Waals surface area contributed by atoms with E-state index in [1.807, 2.05) is 18.3 Å². The number of hydrogen-bond donors (Lipinski definition) is 1. The molecule has 0 bridgehead atoms. The predicted molar refractivity (Wildman–Crippen MR) is 56.8 cm³/mol. The third-order valence-corrected chi connectivity index (χ3v) is 2.80. The lowest BCUT2D eigenvalue weighted by Crippen LogP contribution is -2.27. The Morgan fingerprint density at radius 3 is 3.13 bits per heavy atom. The van der Waals surface area contributed by atoms with Gasteiger partial charge in [-0.2, -0.15) is 0 Å². The summed E-state index contributed by atoms with van der Waals surface area (Å²) in [7, 11) is 0. The maximum atomic E-state index is 11.0. The standard InChI is InChI=1S/C11H15N3O/c12-11(15)10-3-5-14(8-10)7-9-2-1-4-13-6-9/h1-2,4,6,10H,3,5,7-8H2,(H2,12,15). The Kier molecular flexibility index (Phi) is 2.97. The maximum absolute atomic E-state index is 11.0. The average Bonchev–Trinajstić information content (AvgIpc) is 2.68. The zero-order valence-electron chi connectivity index (χ0n) is 8.60. The molecule has 2 rings (SSSR count). The first-order chi connectivity index (χ1) is 7.25. The number of nitrogens with two attached hydrogens (primary N) is 1. The van der Waals surface area contributed by atoms with Crippen molar-refractivity contribution >= 4 is 5.91 Å². The Morgan fingerprint density at radius 1 is 1.67 bits per heavy atom. The Bertz CT molecular complexity index is 339. The summed E-state index contributed by atoms with van der Waals surface area (Å²) in [4.78, 5) is 17.3. The van der Waals surface area contributed by atoms with Gasteiger partial charge >= 0.3 is 0 Å². The number of nitrogens with zero attached hydrogens (tertiary/aromatic N) is 2. The topological polar surface area (TPSA) is 59.2 Å². The Hall–Kier alpha value is -1.42. The number of likely N-dealkylation sites (tertiary alicyclic amines) is 1. The highest BCUT2D eigenvalue weighted by atomic mass is 16.1. The quantitative estimate of drug-likeness (QED) is 0.776. The second-order valence-electron chi connectivity index (χ2n) is 3.98. The Balaban J connectivity index is 1.90. The zero-order chi connectivity index (χ0) is 10.7. The number of pyridine rings is 1. The average molecular weight is 205 g/mol. The minimum atomic E-state index is -0.177. The number of aromatic nitrogens is 1. The molecule has 1 saturated heterocycles. The molecule has 4 nitrogen and oxygen atoms in total. The van der Waals surface area contributed by atoms with E-state index in [1.54, 1.807) is 6.20 Å². The minimum absolute atomic E-state index is 0.0293. The van der Waals surface area contributed by atoms with Gasteiger partial charge in [-0.15, -0.1) is 0 Å². The number of carbonyl (C=O) groups is 1. The molecule has 2 N–H and O–H groups in total. The molecular formula is C11H15N3O. The summed E-state index contributed by atoms with van der Waals surface area (Å²) < 4.78 is 0. The second-order valence-corrected chi connectivity index (χ2v) is 3.98. The SMILES string of the molecule is NC(=O)C1CCN(Cc2cccnc2)C1. The van der Waals surface area contributed by atoms with Gasteiger partial charge in [0, 0.05) is 25.5 Å². The van der Waals surface area contributed by atoms with E-state index in [1.165, 1.54) is 5.56 Å². The fraction of sp³-hybridized carbons (Fsp3) is 0.455. The van der Waals surface area contributed by atoms with E-state index in [9.17, 15) is 4.79 Å². The first kappa shape index (κ1) is 10.1. The largest absolute Gasteiger partial charge is 0.369 e. The van der Waals surface area contributed by atoms with Crippen molar-refractivity contribution in [1.29, 1.82) is 0 Å².